The van der Waals surface area contributed by atoms with Crippen molar-refractivity contribution in [3.63, 3.8) is 0 Å². The summed E-state index contributed by atoms with van der Waals surface area (Å²) < 4.78 is 17.4. The van der Waals surface area contributed by atoms with Gasteiger partial charge >= 0.3 is 0 Å². The van der Waals surface area contributed by atoms with Gasteiger partial charge in [-0.1, -0.05) is 37.5 Å². The average molecular weight is 224 g/mol. The van der Waals surface area contributed by atoms with E-state index in [2.05, 4.69) is 0 Å². The highest BCUT2D eigenvalue weighted by molar-refractivity contribution is 7.40. The summed E-state index contributed by atoms with van der Waals surface area (Å²) in [6.07, 6.45) is 5.85. The van der Waals surface area contributed by atoms with Crippen LogP contribution in [0.4, 0.5) is 0 Å². The molecule has 1 atom stereocenters. The number of rotatable bonds is 3. The maximum Gasteiger partial charge on any atom is 0.239 e. The van der Waals surface area contributed by atoms with E-state index >= 15 is 0 Å². The first-order chi connectivity index (χ1) is 7.36. The van der Waals surface area contributed by atoms with Crippen molar-refractivity contribution in [2.24, 2.45) is 0 Å². The van der Waals surface area contributed by atoms with Crippen LogP contribution in [0.5, 0.6) is 5.75 Å². The topological polar surface area (TPSA) is 26.3 Å². The van der Waals surface area contributed by atoms with Crippen molar-refractivity contribution in [2.45, 2.75) is 37.8 Å². The monoisotopic (exact) mass is 224 g/mol. The second-order valence-electron chi connectivity index (χ2n) is 4.07. The molecule has 3 heteroatoms. The Kier molecular flexibility index (Phi) is 3.85. The Bertz CT molecular complexity index is 318. The molecule has 1 saturated carbocycles. The molecule has 0 radical (unpaired) electrons. The van der Waals surface area contributed by atoms with E-state index < -0.39 is 8.03 Å². The molecule has 0 saturated heterocycles. The van der Waals surface area contributed by atoms with E-state index in [1.807, 2.05) is 30.3 Å². The van der Waals surface area contributed by atoms with Crippen LogP contribution in [0.15, 0.2) is 30.3 Å². The zero-order chi connectivity index (χ0) is 10.5. The van der Waals surface area contributed by atoms with E-state index in [1.165, 1.54) is 19.3 Å². The average Bonchev–Trinajstić information content (AvgIpc) is 2.31. The minimum atomic E-state index is -1.89. The van der Waals surface area contributed by atoms with Gasteiger partial charge in [-0.3, -0.25) is 4.57 Å². The lowest BCUT2D eigenvalue weighted by atomic mass is 10.0. The van der Waals surface area contributed by atoms with Gasteiger partial charge in [-0.15, -0.1) is 0 Å². The van der Waals surface area contributed by atoms with E-state index in [1.54, 1.807) is 0 Å². The third-order valence-corrected chi connectivity index (χ3v) is 4.58. The van der Waals surface area contributed by atoms with Gasteiger partial charge in [-0.05, 0) is 25.0 Å². The molecule has 1 aromatic carbocycles. The molecular formula is C12H17O2P. The van der Waals surface area contributed by atoms with Crippen molar-refractivity contribution >= 4 is 8.03 Å². The Morgan fingerprint density at radius 3 is 2.40 bits per heavy atom. The van der Waals surface area contributed by atoms with Gasteiger partial charge in [0, 0.05) is 5.66 Å². The summed E-state index contributed by atoms with van der Waals surface area (Å²) in [5, 5.41) is 0. The highest BCUT2D eigenvalue weighted by atomic mass is 31.1. The Labute approximate surface area is 91.5 Å². The second kappa shape index (κ2) is 5.37. The third-order valence-electron chi connectivity index (χ3n) is 2.90. The van der Waals surface area contributed by atoms with Crippen molar-refractivity contribution in [2.75, 3.05) is 0 Å². The van der Waals surface area contributed by atoms with Crippen molar-refractivity contribution in [3.8, 4) is 5.75 Å². The molecule has 1 fully saturated rings. The number of para-hydroxylation sites is 1. The van der Waals surface area contributed by atoms with Crippen LogP contribution in [0.2, 0.25) is 0 Å². The smallest absolute Gasteiger partial charge is 0.239 e. The highest BCUT2D eigenvalue weighted by Crippen LogP contribution is 2.39. The van der Waals surface area contributed by atoms with Gasteiger partial charge in [0.05, 0.1) is 0 Å². The number of benzene rings is 1. The molecule has 82 valence electrons. The normalized spacial score (nSPS) is 19.7. The molecule has 1 aliphatic rings. The fraction of sp³-hybridized carbons (Fsp3) is 0.500. The van der Waals surface area contributed by atoms with Gasteiger partial charge in [0.1, 0.15) is 5.75 Å². The van der Waals surface area contributed by atoms with E-state index in [4.69, 9.17) is 4.52 Å². The van der Waals surface area contributed by atoms with Gasteiger partial charge in [0.15, 0.2) is 0 Å². The van der Waals surface area contributed by atoms with Crippen LogP contribution in [-0.4, -0.2) is 5.66 Å². The second-order valence-corrected chi connectivity index (χ2v) is 5.73. The largest absolute Gasteiger partial charge is 0.445 e. The fourth-order valence-corrected chi connectivity index (χ4v) is 3.44. The zero-order valence-corrected chi connectivity index (χ0v) is 9.82. The van der Waals surface area contributed by atoms with Crippen LogP contribution in [0.3, 0.4) is 0 Å². The zero-order valence-electron chi connectivity index (χ0n) is 8.82. The SMILES string of the molecule is O=[PH](Oc1ccccc1)C1CCCCC1. The summed E-state index contributed by atoms with van der Waals surface area (Å²) >= 11 is 0. The predicted octanol–water partition coefficient (Wildman–Crippen LogP) is 3.87. The standard InChI is InChI=1S/C12H17O2P/c13-15(12-9-5-2-6-10-12)14-11-7-3-1-4-8-11/h1,3-4,7-8,12,15H,2,5-6,9-10H2. The Morgan fingerprint density at radius 2 is 1.73 bits per heavy atom. The summed E-state index contributed by atoms with van der Waals surface area (Å²) in [4.78, 5) is 0. The lowest BCUT2D eigenvalue weighted by Crippen LogP contribution is -2.09. The molecule has 2 rings (SSSR count). The van der Waals surface area contributed by atoms with E-state index in [-0.39, 0.29) is 0 Å². The molecule has 15 heavy (non-hydrogen) atoms. The Balaban J connectivity index is 1.91. The van der Waals surface area contributed by atoms with Gasteiger partial charge in [-0.2, -0.15) is 0 Å². The van der Waals surface area contributed by atoms with Crippen LogP contribution >= 0.6 is 8.03 Å². The van der Waals surface area contributed by atoms with Gasteiger partial charge in [0.25, 0.3) is 0 Å². The molecule has 0 N–H and O–H groups in total. The van der Waals surface area contributed by atoms with Gasteiger partial charge in [-0.25, -0.2) is 0 Å². The predicted molar refractivity (Wildman–Crippen MR) is 62.9 cm³/mol. The first kappa shape index (κ1) is 10.8. The van der Waals surface area contributed by atoms with Crippen molar-refractivity contribution < 1.29 is 9.09 Å². The first-order valence-corrected chi connectivity index (χ1v) is 7.02. The number of hydrogen-bond donors (Lipinski definition) is 0. The van der Waals surface area contributed by atoms with Gasteiger partial charge in [0.2, 0.25) is 8.03 Å². The summed E-state index contributed by atoms with van der Waals surface area (Å²) in [6.45, 7) is 0. The number of hydrogen-bond acceptors (Lipinski definition) is 2. The van der Waals surface area contributed by atoms with Crippen molar-refractivity contribution in [3.05, 3.63) is 30.3 Å². The van der Waals surface area contributed by atoms with Crippen LogP contribution in [0, 0.1) is 0 Å². The summed E-state index contributed by atoms with van der Waals surface area (Å²) in [5.41, 5.74) is 0.309. The minimum Gasteiger partial charge on any atom is -0.445 e. The maximum absolute atomic E-state index is 11.9. The van der Waals surface area contributed by atoms with Crippen molar-refractivity contribution in [1.29, 1.82) is 0 Å². The molecule has 0 bridgehead atoms. The van der Waals surface area contributed by atoms with Crippen LogP contribution in [-0.2, 0) is 4.57 Å². The van der Waals surface area contributed by atoms with Gasteiger partial charge < -0.3 is 4.52 Å². The summed E-state index contributed by atoms with van der Waals surface area (Å²) in [6, 6.07) is 9.48. The minimum absolute atomic E-state index is 0.309. The van der Waals surface area contributed by atoms with Crippen LogP contribution in [0.1, 0.15) is 32.1 Å². The van der Waals surface area contributed by atoms with E-state index in [9.17, 15) is 4.57 Å². The lowest BCUT2D eigenvalue weighted by molar-refractivity contribution is 0.445. The summed E-state index contributed by atoms with van der Waals surface area (Å²) in [7, 11) is -1.89. The van der Waals surface area contributed by atoms with Crippen LogP contribution in [0.25, 0.3) is 0 Å². The fourth-order valence-electron chi connectivity index (χ4n) is 2.03. The Hall–Kier alpha value is -0.750. The quantitative estimate of drug-likeness (QED) is 0.728. The molecule has 1 aliphatic carbocycles. The highest BCUT2D eigenvalue weighted by Gasteiger charge is 2.20. The summed E-state index contributed by atoms with van der Waals surface area (Å²) in [5.74, 6) is 0.743. The lowest BCUT2D eigenvalue weighted by Gasteiger charge is -2.21. The molecule has 2 nitrogen and oxygen atoms in total. The van der Waals surface area contributed by atoms with Crippen molar-refractivity contribution in [1.82, 2.24) is 0 Å². The van der Waals surface area contributed by atoms with E-state index in [0.29, 0.717) is 5.66 Å². The first-order valence-electron chi connectivity index (χ1n) is 5.63. The molecule has 1 unspecified atom stereocenters. The molecule has 0 amide bonds. The Morgan fingerprint density at radius 1 is 1.07 bits per heavy atom. The molecular weight excluding hydrogens is 207 g/mol. The molecule has 0 spiro atoms. The molecule has 1 aromatic rings. The third kappa shape index (κ3) is 3.10. The van der Waals surface area contributed by atoms with Crippen LogP contribution < -0.4 is 4.52 Å². The maximum atomic E-state index is 11.9. The van der Waals surface area contributed by atoms with E-state index in [0.717, 1.165) is 18.6 Å². The molecule has 0 heterocycles. The molecule has 0 aliphatic heterocycles. The molecule has 0 aromatic heterocycles.